The molecule has 1 saturated heterocycles. The molecule has 0 aromatic rings. The molecule has 0 spiro atoms. The average Bonchev–Trinajstić information content (AvgIpc) is 2.88. The first-order chi connectivity index (χ1) is 6.29. The Kier molecular flexibility index (Phi) is 2.89. The van der Waals surface area contributed by atoms with Crippen molar-refractivity contribution in [2.45, 2.75) is 31.7 Å². The molecule has 1 saturated carbocycles. The number of hydrogen-bond donors (Lipinski definition) is 1. The first-order valence-corrected chi connectivity index (χ1v) is 5.65. The molecule has 2 aliphatic rings. The van der Waals surface area contributed by atoms with Crippen molar-refractivity contribution in [1.82, 2.24) is 10.2 Å². The molecule has 76 valence electrons. The molecule has 2 fully saturated rings. The van der Waals surface area contributed by atoms with Gasteiger partial charge in [0.25, 0.3) is 0 Å². The van der Waals surface area contributed by atoms with Crippen molar-refractivity contribution in [3.05, 3.63) is 0 Å². The van der Waals surface area contributed by atoms with Crippen LogP contribution in [0.1, 0.15) is 25.7 Å². The van der Waals surface area contributed by atoms with Gasteiger partial charge < -0.3 is 10.2 Å². The maximum atomic E-state index is 3.38. The summed E-state index contributed by atoms with van der Waals surface area (Å²) in [6.45, 7) is 2.64. The summed E-state index contributed by atoms with van der Waals surface area (Å²) >= 11 is 0. The molecule has 2 rings (SSSR count). The van der Waals surface area contributed by atoms with E-state index in [1.165, 1.54) is 38.8 Å². The first-order valence-electron chi connectivity index (χ1n) is 5.65. The third-order valence-corrected chi connectivity index (χ3v) is 3.77. The van der Waals surface area contributed by atoms with Gasteiger partial charge in [0.2, 0.25) is 0 Å². The van der Waals surface area contributed by atoms with Gasteiger partial charge >= 0.3 is 0 Å². The standard InChI is InChI=1S/C11H22N2/c1-12-11-8-10(11)7-9-3-5-13(2)6-4-9/h9-12H,3-8H2,1-2H3. The molecular weight excluding hydrogens is 160 g/mol. The predicted octanol–water partition coefficient (Wildman–Crippen LogP) is 1.33. The molecule has 2 heteroatoms. The fraction of sp³-hybridized carbons (Fsp3) is 1.00. The van der Waals surface area contributed by atoms with Gasteiger partial charge in [0, 0.05) is 6.04 Å². The van der Waals surface area contributed by atoms with E-state index < -0.39 is 0 Å². The molecule has 0 bridgehead atoms. The van der Waals surface area contributed by atoms with Gasteiger partial charge in [0.05, 0.1) is 0 Å². The summed E-state index contributed by atoms with van der Waals surface area (Å²) in [5, 5.41) is 3.38. The van der Waals surface area contributed by atoms with Crippen LogP contribution in [0.25, 0.3) is 0 Å². The summed E-state index contributed by atoms with van der Waals surface area (Å²) in [6, 6.07) is 0.861. The Labute approximate surface area is 81.7 Å². The zero-order valence-electron chi connectivity index (χ0n) is 8.92. The minimum atomic E-state index is 0.861. The summed E-state index contributed by atoms with van der Waals surface area (Å²) < 4.78 is 0. The van der Waals surface area contributed by atoms with Crippen LogP contribution in [-0.2, 0) is 0 Å². The van der Waals surface area contributed by atoms with Crippen LogP contribution in [0.2, 0.25) is 0 Å². The lowest BCUT2D eigenvalue weighted by Crippen LogP contribution is -2.30. The molecule has 0 radical (unpaired) electrons. The second-order valence-electron chi connectivity index (χ2n) is 4.87. The third-order valence-electron chi connectivity index (χ3n) is 3.77. The number of nitrogens with zero attached hydrogens (tertiary/aromatic N) is 1. The Balaban J connectivity index is 1.66. The van der Waals surface area contributed by atoms with Gasteiger partial charge in [-0.1, -0.05) is 0 Å². The van der Waals surface area contributed by atoms with Crippen molar-refractivity contribution in [1.29, 1.82) is 0 Å². The van der Waals surface area contributed by atoms with E-state index in [9.17, 15) is 0 Å². The van der Waals surface area contributed by atoms with Gasteiger partial charge in [0.1, 0.15) is 0 Å². The number of rotatable bonds is 3. The molecule has 0 aromatic heterocycles. The van der Waals surface area contributed by atoms with E-state index in [0.29, 0.717) is 0 Å². The van der Waals surface area contributed by atoms with Crippen LogP contribution in [0, 0.1) is 11.8 Å². The quantitative estimate of drug-likeness (QED) is 0.708. The van der Waals surface area contributed by atoms with Crippen molar-refractivity contribution < 1.29 is 0 Å². The van der Waals surface area contributed by atoms with Gasteiger partial charge in [-0.3, -0.25) is 0 Å². The fourth-order valence-corrected chi connectivity index (χ4v) is 2.59. The summed E-state index contributed by atoms with van der Waals surface area (Å²) in [4.78, 5) is 2.46. The smallest absolute Gasteiger partial charge is 0.00962 e. The lowest BCUT2D eigenvalue weighted by atomic mass is 9.91. The van der Waals surface area contributed by atoms with Gasteiger partial charge in [-0.2, -0.15) is 0 Å². The second-order valence-corrected chi connectivity index (χ2v) is 4.87. The minimum absolute atomic E-state index is 0.861. The normalized spacial score (nSPS) is 36.5. The zero-order chi connectivity index (χ0) is 9.26. The largest absolute Gasteiger partial charge is 0.317 e. The molecule has 1 N–H and O–H groups in total. The molecule has 1 aliphatic carbocycles. The van der Waals surface area contributed by atoms with Crippen molar-refractivity contribution in [3.8, 4) is 0 Å². The highest BCUT2D eigenvalue weighted by Gasteiger charge is 2.37. The van der Waals surface area contributed by atoms with E-state index in [1.54, 1.807) is 0 Å². The van der Waals surface area contributed by atoms with Gasteiger partial charge in [-0.05, 0) is 64.7 Å². The number of piperidine rings is 1. The van der Waals surface area contributed by atoms with Gasteiger partial charge in [0.15, 0.2) is 0 Å². The third kappa shape index (κ3) is 2.44. The van der Waals surface area contributed by atoms with E-state index in [-0.39, 0.29) is 0 Å². The lowest BCUT2D eigenvalue weighted by molar-refractivity contribution is 0.206. The lowest BCUT2D eigenvalue weighted by Gasteiger charge is -2.28. The molecule has 2 unspecified atom stereocenters. The Morgan fingerprint density at radius 1 is 1.31 bits per heavy atom. The number of likely N-dealkylation sites (tertiary alicyclic amines) is 1. The van der Waals surface area contributed by atoms with Crippen LogP contribution in [0.4, 0.5) is 0 Å². The van der Waals surface area contributed by atoms with Crippen molar-refractivity contribution >= 4 is 0 Å². The minimum Gasteiger partial charge on any atom is -0.317 e. The second kappa shape index (κ2) is 3.97. The van der Waals surface area contributed by atoms with Crippen LogP contribution in [0.15, 0.2) is 0 Å². The molecule has 1 aliphatic heterocycles. The van der Waals surface area contributed by atoms with E-state index in [0.717, 1.165) is 17.9 Å². The van der Waals surface area contributed by atoms with E-state index in [4.69, 9.17) is 0 Å². The highest BCUT2D eigenvalue weighted by Crippen LogP contribution is 2.38. The molecule has 13 heavy (non-hydrogen) atoms. The van der Waals surface area contributed by atoms with E-state index in [2.05, 4.69) is 24.3 Å². The first kappa shape index (κ1) is 9.47. The van der Waals surface area contributed by atoms with Crippen LogP contribution >= 0.6 is 0 Å². The Hall–Kier alpha value is -0.0800. The maximum absolute atomic E-state index is 3.38. The van der Waals surface area contributed by atoms with Crippen molar-refractivity contribution in [2.75, 3.05) is 27.2 Å². The van der Waals surface area contributed by atoms with Gasteiger partial charge in [-0.25, -0.2) is 0 Å². The maximum Gasteiger partial charge on any atom is 0.00962 e. The molecule has 2 nitrogen and oxygen atoms in total. The van der Waals surface area contributed by atoms with Crippen LogP contribution in [-0.4, -0.2) is 38.1 Å². The van der Waals surface area contributed by atoms with Gasteiger partial charge in [-0.15, -0.1) is 0 Å². The predicted molar refractivity (Wildman–Crippen MR) is 55.8 cm³/mol. The summed E-state index contributed by atoms with van der Waals surface area (Å²) in [7, 11) is 4.34. The fourth-order valence-electron chi connectivity index (χ4n) is 2.59. The van der Waals surface area contributed by atoms with Crippen molar-refractivity contribution in [2.24, 2.45) is 11.8 Å². The topological polar surface area (TPSA) is 15.3 Å². The van der Waals surface area contributed by atoms with Crippen LogP contribution in [0.5, 0.6) is 0 Å². The molecule has 0 aromatic carbocycles. The molecular formula is C11H22N2. The van der Waals surface area contributed by atoms with Crippen LogP contribution in [0.3, 0.4) is 0 Å². The molecule has 2 atom stereocenters. The average molecular weight is 182 g/mol. The van der Waals surface area contributed by atoms with E-state index in [1.807, 2.05) is 0 Å². The molecule has 1 heterocycles. The molecule has 0 amide bonds. The number of nitrogens with one attached hydrogen (secondary N) is 1. The number of hydrogen-bond acceptors (Lipinski definition) is 2. The highest BCUT2D eigenvalue weighted by atomic mass is 15.1. The zero-order valence-corrected chi connectivity index (χ0v) is 8.92. The monoisotopic (exact) mass is 182 g/mol. The van der Waals surface area contributed by atoms with Crippen molar-refractivity contribution in [3.63, 3.8) is 0 Å². The summed E-state index contributed by atoms with van der Waals surface area (Å²) in [6.07, 6.45) is 5.79. The SMILES string of the molecule is CNC1CC1CC1CCN(C)CC1. The Bertz CT molecular complexity index is 161. The Morgan fingerprint density at radius 2 is 2.00 bits per heavy atom. The summed E-state index contributed by atoms with van der Waals surface area (Å²) in [5.74, 6) is 2.04. The highest BCUT2D eigenvalue weighted by molar-refractivity contribution is 4.93. The summed E-state index contributed by atoms with van der Waals surface area (Å²) in [5.41, 5.74) is 0. The van der Waals surface area contributed by atoms with E-state index >= 15 is 0 Å². The Morgan fingerprint density at radius 3 is 2.54 bits per heavy atom. The van der Waals surface area contributed by atoms with Crippen LogP contribution < -0.4 is 5.32 Å².